The van der Waals surface area contributed by atoms with E-state index in [-0.39, 0.29) is 0 Å². The first-order valence-corrected chi connectivity index (χ1v) is 10.2. The molecule has 0 saturated carbocycles. The first kappa shape index (κ1) is 18.5. The lowest BCUT2D eigenvalue weighted by atomic mass is 10.0. The van der Waals surface area contributed by atoms with Crippen molar-refractivity contribution in [3.8, 4) is 11.1 Å². The predicted octanol–water partition coefficient (Wildman–Crippen LogP) is 3.18. The first-order valence-electron chi connectivity index (χ1n) is 9.27. The molecule has 1 aliphatic rings. The Hall–Kier alpha value is -2.90. The van der Waals surface area contributed by atoms with Crippen LogP contribution >= 0.6 is 11.3 Å². The molecule has 2 aromatic heterocycles. The lowest BCUT2D eigenvalue weighted by Gasteiger charge is -2.34. The highest BCUT2D eigenvalue weighted by molar-refractivity contribution is 7.08. The van der Waals surface area contributed by atoms with E-state index < -0.39 is 0 Å². The number of nitrogens with zero attached hydrogens (tertiary/aromatic N) is 4. The number of piperazine rings is 1. The summed E-state index contributed by atoms with van der Waals surface area (Å²) in [6, 6.07) is 12.2. The number of aliphatic imine (C=N–C) groups is 1. The van der Waals surface area contributed by atoms with E-state index in [9.17, 15) is 0 Å². The molecule has 1 aliphatic heterocycles. The summed E-state index contributed by atoms with van der Waals surface area (Å²) >= 11 is 1.63. The second-order valence-electron chi connectivity index (χ2n) is 6.94. The third-order valence-corrected chi connectivity index (χ3v) is 5.70. The summed E-state index contributed by atoms with van der Waals surface area (Å²) in [7, 11) is 2.15. The highest BCUT2D eigenvalue weighted by atomic mass is 32.1. The highest BCUT2D eigenvalue weighted by Crippen LogP contribution is 2.29. The van der Waals surface area contributed by atoms with Crippen LogP contribution in [0.5, 0.6) is 0 Å². The van der Waals surface area contributed by atoms with E-state index in [4.69, 9.17) is 11.5 Å². The number of hydrogen-bond acceptors (Lipinski definition) is 6. The molecule has 0 bridgehead atoms. The number of aromatic nitrogens is 1. The molecular weight excluding hydrogens is 368 g/mol. The Bertz CT molecular complexity index is 974. The van der Waals surface area contributed by atoms with Crippen LogP contribution in [0.1, 0.15) is 5.56 Å². The molecule has 1 saturated heterocycles. The molecule has 7 heteroatoms. The third-order valence-electron chi connectivity index (χ3n) is 5.02. The second-order valence-corrected chi connectivity index (χ2v) is 7.72. The minimum atomic E-state index is 0.377. The molecule has 0 atom stereocenters. The summed E-state index contributed by atoms with van der Waals surface area (Å²) in [4.78, 5) is 13.6. The van der Waals surface area contributed by atoms with Crippen molar-refractivity contribution >= 4 is 34.4 Å². The largest absolute Gasteiger partial charge is 0.383 e. The number of nitrogen functional groups attached to an aromatic ring is 1. The number of likely N-dealkylation sites (N-methyl/N-ethyl adjacent to an activating group) is 1. The summed E-state index contributed by atoms with van der Waals surface area (Å²) in [5.41, 5.74) is 17.2. The maximum absolute atomic E-state index is 6.39. The molecular formula is C21H24N6S. The molecule has 6 nitrogen and oxygen atoms in total. The first-order chi connectivity index (χ1) is 13.6. The van der Waals surface area contributed by atoms with Crippen molar-refractivity contribution < 1.29 is 0 Å². The van der Waals surface area contributed by atoms with Crippen molar-refractivity contribution in [1.29, 1.82) is 0 Å². The zero-order valence-corrected chi connectivity index (χ0v) is 16.7. The number of benzene rings is 1. The van der Waals surface area contributed by atoms with Gasteiger partial charge in [-0.3, -0.25) is 0 Å². The molecule has 1 aromatic carbocycles. The number of amidine groups is 1. The minimum absolute atomic E-state index is 0.377. The maximum Gasteiger partial charge on any atom is 0.135 e. The van der Waals surface area contributed by atoms with Gasteiger partial charge in [-0.1, -0.05) is 6.07 Å². The molecule has 28 heavy (non-hydrogen) atoms. The van der Waals surface area contributed by atoms with Gasteiger partial charge in [0, 0.05) is 38.1 Å². The summed E-state index contributed by atoms with van der Waals surface area (Å²) in [5, 5.41) is 4.10. The normalized spacial score (nSPS) is 15.8. The van der Waals surface area contributed by atoms with Gasteiger partial charge in [-0.25, -0.2) is 9.98 Å². The molecule has 0 radical (unpaired) electrons. The predicted molar refractivity (Wildman–Crippen MR) is 118 cm³/mol. The Labute approximate surface area is 169 Å². The fourth-order valence-electron chi connectivity index (χ4n) is 3.42. The van der Waals surface area contributed by atoms with Crippen LogP contribution in [0.3, 0.4) is 0 Å². The summed E-state index contributed by atoms with van der Waals surface area (Å²) in [6.07, 6.45) is 1.70. The number of pyridine rings is 1. The molecule has 3 heterocycles. The van der Waals surface area contributed by atoms with E-state index in [1.54, 1.807) is 17.5 Å². The van der Waals surface area contributed by atoms with E-state index in [1.807, 2.05) is 29.6 Å². The SMILES string of the molecule is CN1CCN(c2cccc(N=C(N)c3c(-c4ccsc4)ccnc3N)c2)CC1. The van der Waals surface area contributed by atoms with Crippen LogP contribution in [-0.4, -0.2) is 48.9 Å². The van der Waals surface area contributed by atoms with Gasteiger partial charge >= 0.3 is 0 Å². The third kappa shape index (κ3) is 3.85. The number of rotatable bonds is 4. The number of hydrogen-bond donors (Lipinski definition) is 2. The van der Waals surface area contributed by atoms with Crippen LogP contribution in [0.25, 0.3) is 11.1 Å². The van der Waals surface area contributed by atoms with E-state index in [2.05, 4.69) is 44.3 Å². The smallest absolute Gasteiger partial charge is 0.135 e. The summed E-state index contributed by atoms with van der Waals surface area (Å²) in [6.45, 7) is 4.14. The van der Waals surface area contributed by atoms with Gasteiger partial charge in [0.15, 0.2) is 0 Å². The Morgan fingerprint density at radius 1 is 1.14 bits per heavy atom. The van der Waals surface area contributed by atoms with Gasteiger partial charge in [-0.2, -0.15) is 11.3 Å². The minimum Gasteiger partial charge on any atom is -0.383 e. The topological polar surface area (TPSA) is 83.8 Å². The van der Waals surface area contributed by atoms with Crippen LogP contribution in [0.2, 0.25) is 0 Å². The van der Waals surface area contributed by atoms with Crippen LogP contribution in [0.4, 0.5) is 17.2 Å². The van der Waals surface area contributed by atoms with Gasteiger partial charge in [0.05, 0.1) is 11.3 Å². The molecule has 0 unspecified atom stereocenters. The Kier molecular flexibility index (Phi) is 5.27. The lowest BCUT2D eigenvalue weighted by molar-refractivity contribution is 0.313. The van der Waals surface area contributed by atoms with E-state index in [0.717, 1.165) is 43.0 Å². The molecule has 1 fully saturated rings. The van der Waals surface area contributed by atoms with E-state index in [1.165, 1.54) is 5.69 Å². The van der Waals surface area contributed by atoms with Crippen molar-refractivity contribution in [2.45, 2.75) is 0 Å². The monoisotopic (exact) mass is 392 g/mol. The second kappa shape index (κ2) is 8.00. The standard InChI is InChI=1S/C21H24N6S/c1-26-8-10-27(11-9-26)17-4-2-3-16(13-17)25-21(23)19-18(5-7-24-20(19)22)15-6-12-28-14-15/h2-7,12-14H,8-11H2,1H3,(H2,22,24)(H2,23,25). The maximum atomic E-state index is 6.39. The van der Waals surface area contributed by atoms with Gasteiger partial charge < -0.3 is 21.3 Å². The van der Waals surface area contributed by atoms with Gasteiger partial charge in [0.2, 0.25) is 0 Å². The molecule has 4 N–H and O–H groups in total. The van der Waals surface area contributed by atoms with Crippen molar-refractivity contribution in [2.75, 3.05) is 43.9 Å². The van der Waals surface area contributed by atoms with Crippen LogP contribution in [0.15, 0.2) is 58.3 Å². The van der Waals surface area contributed by atoms with Crippen LogP contribution < -0.4 is 16.4 Å². The molecule has 144 valence electrons. The zero-order valence-electron chi connectivity index (χ0n) is 15.9. The quantitative estimate of drug-likeness (QED) is 0.526. The molecule has 4 rings (SSSR count). The number of thiophene rings is 1. The fourth-order valence-corrected chi connectivity index (χ4v) is 4.08. The Balaban J connectivity index is 1.66. The van der Waals surface area contributed by atoms with Crippen molar-refractivity contribution in [3.63, 3.8) is 0 Å². The average Bonchev–Trinajstić information content (AvgIpc) is 3.23. The van der Waals surface area contributed by atoms with Crippen molar-refractivity contribution in [3.05, 3.63) is 58.9 Å². The Morgan fingerprint density at radius 3 is 2.71 bits per heavy atom. The highest BCUT2D eigenvalue weighted by Gasteiger charge is 2.16. The summed E-state index contributed by atoms with van der Waals surface area (Å²) in [5.74, 6) is 0.766. The van der Waals surface area contributed by atoms with Crippen LogP contribution in [0, 0.1) is 0 Å². The lowest BCUT2D eigenvalue weighted by Crippen LogP contribution is -2.44. The molecule has 3 aromatic rings. The fraction of sp³-hybridized carbons (Fsp3) is 0.238. The van der Waals surface area contributed by atoms with Gasteiger partial charge in [0.25, 0.3) is 0 Å². The van der Waals surface area contributed by atoms with E-state index in [0.29, 0.717) is 17.2 Å². The zero-order chi connectivity index (χ0) is 19.5. The summed E-state index contributed by atoms with van der Waals surface area (Å²) < 4.78 is 0. The average molecular weight is 393 g/mol. The van der Waals surface area contributed by atoms with Crippen molar-refractivity contribution in [2.24, 2.45) is 10.7 Å². The number of nitrogens with two attached hydrogens (primary N) is 2. The molecule has 0 spiro atoms. The van der Waals surface area contributed by atoms with Gasteiger partial charge in [-0.05, 0) is 59.3 Å². The Morgan fingerprint density at radius 2 is 1.96 bits per heavy atom. The van der Waals surface area contributed by atoms with Gasteiger partial charge in [0.1, 0.15) is 11.7 Å². The molecule has 0 amide bonds. The van der Waals surface area contributed by atoms with Gasteiger partial charge in [-0.15, -0.1) is 0 Å². The van der Waals surface area contributed by atoms with E-state index >= 15 is 0 Å². The number of anilines is 2. The van der Waals surface area contributed by atoms with Crippen LogP contribution in [-0.2, 0) is 0 Å². The van der Waals surface area contributed by atoms with Crippen molar-refractivity contribution in [1.82, 2.24) is 9.88 Å². The molecule has 0 aliphatic carbocycles.